The monoisotopic (exact) mass is 329 g/mol. The molecule has 24 heavy (non-hydrogen) atoms. The van der Waals surface area contributed by atoms with Gasteiger partial charge in [0.1, 0.15) is 17.2 Å². The smallest absolute Gasteiger partial charge is 0.265 e. The number of nitrogens with one attached hydrogen (secondary N) is 1. The summed E-state index contributed by atoms with van der Waals surface area (Å²) in [6.07, 6.45) is -0.0463. The van der Waals surface area contributed by atoms with Crippen molar-refractivity contribution in [2.24, 2.45) is 0 Å². The number of anilines is 1. The third kappa shape index (κ3) is 4.41. The maximum Gasteiger partial charge on any atom is 0.265 e. The molecule has 0 aliphatic carbocycles. The van der Waals surface area contributed by atoms with Gasteiger partial charge in [0.25, 0.3) is 5.91 Å². The van der Waals surface area contributed by atoms with Gasteiger partial charge in [0, 0.05) is 6.07 Å². The summed E-state index contributed by atoms with van der Waals surface area (Å²) in [5, 5.41) is 2.85. The lowest BCUT2D eigenvalue weighted by Gasteiger charge is -2.18. The summed E-state index contributed by atoms with van der Waals surface area (Å²) in [4.78, 5) is 12.6. The highest BCUT2D eigenvalue weighted by Gasteiger charge is 2.20. The van der Waals surface area contributed by atoms with Gasteiger partial charge in [0.15, 0.2) is 6.10 Å². The Kier molecular flexibility index (Phi) is 6.07. The highest BCUT2D eigenvalue weighted by molar-refractivity contribution is 5.95. The number of ether oxygens (including phenoxy) is 3. The highest BCUT2D eigenvalue weighted by Crippen LogP contribution is 2.29. The van der Waals surface area contributed by atoms with Crippen molar-refractivity contribution in [1.29, 1.82) is 0 Å². The summed E-state index contributed by atoms with van der Waals surface area (Å²) >= 11 is 0. The van der Waals surface area contributed by atoms with Crippen LogP contribution in [0, 0.1) is 6.92 Å². The second kappa shape index (κ2) is 8.24. The van der Waals surface area contributed by atoms with Gasteiger partial charge in [0.05, 0.1) is 19.9 Å². The van der Waals surface area contributed by atoms with Crippen molar-refractivity contribution in [2.75, 3.05) is 19.5 Å². The minimum atomic E-state index is -0.594. The van der Waals surface area contributed by atoms with Crippen LogP contribution in [0.2, 0.25) is 0 Å². The number of benzene rings is 2. The normalized spacial score (nSPS) is 11.5. The molecule has 2 aromatic rings. The molecule has 0 saturated heterocycles. The maximum atomic E-state index is 12.6. The van der Waals surface area contributed by atoms with E-state index in [-0.39, 0.29) is 5.91 Å². The van der Waals surface area contributed by atoms with Crippen molar-refractivity contribution in [1.82, 2.24) is 0 Å². The van der Waals surface area contributed by atoms with Crippen molar-refractivity contribution < 1.29 is 19.0 Å². The van der Waals surface area contributed by atoms with Gasteiger partial charge in [0.2, 0.25) is 0 Å². The molecule has 2 aromatic carbocycles. The van der Waals surface area contributed by atoms with Gasteiger partial charge in [-0.05, 0) is 37.6 Å². The molecular weight excluding hydrogens is 306 g/mol. The Morgan fingerprint density at radius 2 is 1.71 bits per heavy atom. The zero-order chi connectivity index (χ0) is 17.5. The van der Waals surface area contributed by atoms with Crippen LogP contribution in [0.15, 0.2) is 42.5 Å². The van der Waals surface area contributed by atoms with E-state index in [2.05, 4.69) is 5.32 Å². The molecule has 2 rings (SSSR count). The van der Waals surface area contributed by atoms with Crippen molar-refractivity contribution in [3.63, 3.8) is 0 Å². The van der Waals surface area contributed by atoms with E-state index in [1.54, 1.807) is 32.4 Å². The Labute approximate surface area is 142 Å². The molecule has 1 N–H and O–H groups in total. The number of hydrogen-bond donors (Lipinski definition) is 1. The molecule has 0 radical (unpaired) electrons. The molecule has 1 amide bonds. The van der Waals surface area contributed by atoms with Gasteiger partial charge < -0.3 is 19.5 Å². The minimum absolute atomic E-state index is 0.232. The van der Waals surface area contributed by atoms with Gasteiger partial charge in [-0.2, -0.15) is 0 Å². The van der Waals surface area contributed by atoms with Crippen molar-refractivity contribution in [3.05, 3.63) is 48.0 Å². The van der Waals surface area contributed by atoms with Crippen LogP contribution in [-0.2, 0) is 4.79 Å². The number of hydrogen-bond acceptors (Lipinski definition) is 4. The van der Waals surface area contributed by atoms with Crippen LogP contribution in [0.25, 0.3) is 0 Å². The topological polar surface area (TPSA) is 56.8 Å². The number of rotatable bonds is 7. The lowest BCUT2D eigenvalue weighted by Crippen LogP contribution is -2.32. The molecule has 0 saturated carbocycles. The zero-order valence-corrected chi connectivity index (χ0v) is 14.5. The van der Waals surface area contributed by atoms with Crippen molar-refractivity contribution >= 4 is 11.6 Å². The van der Waals surface area contributed by atoms with E-state index in [0.717, 1.165) is 5.56 Å². The van der Waals surface area contributed by atoms with Crippen LogP contribution < -0.4 is 19.5 Å². The summed E-state index contributed by atoms with van der Waals surface area (Å²) in [6.45, 7) is 3.91. The Bertz CT molecular complexity index is 682. The van der Waals surface area contributed by atoms with Crippen LogP contribution in [0.4, 0.5) is 5.69 Å². The Morgan fingerprint density at radius 1 is 1.04 bits per heavy atom. The van der Waals surface area contributed by atoms with E-state index in [0.29, 0.717) is 29.4 Å². The van der Waals surface area contributed by atoms with Gasteiger partial charge in [-0.3, -0.25) is 4.79 Å². The second-order valence-electron chi connectivity index (χ2n) is 5.38. The molecule has 0 aliphatic rings. The first-order valence-electron chi connectivity index (χ1n) is 7.83. The molecular formula is C19H23NO4. The predicted octanol–water partition coefficient (Wildman–Crippen LogP) is 3.81. The SMILES string of the molecule is CC[C@@H](Oc1ccc(C)cc1)C(=O)Nc1cc(OC)ccc1OC. The van der Waals surface area contributed by atoms with E-state index in [4.69, 9.17) is 14.2 Å². The van der Waals surface area contributed by atoms with Gasteiger partial charge in [-0.25, -0.2) is 0 Å². The Morgan fingerprint density at radius 3 is 2.29 bits per heavy atom. The van der Waals surface area contributed by atoms with Crippen LogP contribution in [0.1, 0.15) is 18.9 Å². The first-order chi connectivity index (χ1) is 11.6. The molecule has 0 unspecified atom stereocenters. The van der Waals surface area contributed by atoms with Crippen molar-refractivity contribution in [3.8, 4) is 17.2 Å². The summed E-state index contributed by atoms with van der Waals surface area (Å²) in [7, 11) is 3.13. The fourth-order valence-corrected chi connectivity index (χ4v) is 2.23. The summed E-state index contributed by atoms with van der Waals surface area (Å²) in [6, 6.07) is 12.9. The molecule has 5 heteroatoms. The molecule has 0 aromatic heterocycles. The molecule has 0 spiro atoms. The average Bonchev–Trinajstić information content (AvgIpc) is 2.61. The largest absolute Gasteiger partial charge is 0.497 e. The van der Waals surface area contributed by atoms with E-state index >= 15 is 0 Å². The molecule has 0 heterocycles. The molecule has 0 fully saturated rings. The van der Waals surface area contributed by atoms with Crippen LogP contribution in [0.5, 0.6) is 17.2 Å². The summed E-state index contributed by atoms with van der Waals surface area (Å²) in [5.74, 6) is 1.64. The van der Waals surface area contributed by atoms with E-state index in [9.17, 15) is 4.79 Å². The highest BCUT2D eigenvalue weighted by atomic mass is 16.5. The molecule has 128 valence electrons. The average molecular weight is 329 g/mol. The Hall–Kier alpha value is -2.69. The third-order valence-corrected chi connectivity index (χ3v) is 3.63. The standard InChI is InChI=1S/C19H23NO4/c1-5-17(24-14-8-6-13(2)7-9-14)19(21)20-16-12-15(22-3)10-11-18(16)23-4/h6-12,17H,5H2,1-4H3,(H,20,21)/t17-/m1/s1. The number of methoxy groups -OCH3 is 2. The van der Waals surface area contributed by atoms with Crippen LogP contribution in [-0.4, -0.2) is 26.2 Å². The molecule has 0 bridgehead atoms. The first-order valence-corrected chi connectivity index (χ1v) is 7.83. The first kappa shape index (κ1) is 17.7. The number of carbonyl (C=O) groups is 1. The summed E-state index contributed by atoms with van der Waals surface area (Å²) in [5.41, 5.74) is 1.69. The molecule has 1 atom stereocenters. The molecule has 5 nitrogen and oxygen atoms in total. The van der Waals surface area contributed by atoms with E-state index in [1.165, 1.54) is 0 Å². The van der Waals surface area contributed by atoms with Gasteiger partial charge in [-0.15, -0.1) is 0 Å². The Balaban J connectivity index is 2.12. The number of amides is 1. The summed E-state index contributed by atoms with van der Waals surface area (Å²) < 4.78 is 16.3. The van der Waals surface area contributed by atoms with Crippen LogP contribution in [0.3, 0.4) is 0 Å². The fraction of sp³-hybridized carbons (Fsp3) is 0.316. The van der Waals surface area contributed by atoms with Crippen molar-refractivity contribution in [2.45, 2.75) is 26.4 Å². The number of aryl methyl sites for hydroxylation is 1. The van der Waals surface area contributed by atoms with E-state index in [1.807, 2.05) is 38.1 Å². The number of carbonyl (C=O) groups excluding carboxylic acids is 1. The third-order valence-electron chi connectivity index (χ3n) is 3.63. The second-order valence-corrected chi connectivity index (χ2v) is 5.38. The predicted molar refractivity (Wildman–Crippen MR) is 94.1 cm³/mol. The lowest BCUT2D eigenvalue weighted by molar-refractivity contribution is -0.122. The van der Waals surface area contributed by atoms with Gasteiger partial charge >= 0.3 is 0 Å². The molecule has 0 aliphatic heterocycles. The minimum Gasteiger partial charge on any atom is -0.497 e. The van der Waals surface area contributed by atoms with E-state index < -0.39 is 6.10 Å². The quantitative estimate of drug-likeness (QED) is 0.839. The zero-order valence-electron chi connectivity index (χ0n) is 14.5. The maximum absolute atomic E-state index is 12.6. The fourth-order valence-electron chi connectivity index (χ4n) is 2.23. The van der Waals surface area contributed by atoms with Gasteiger partial charge in [-0.1, -0.05) is 24.6 Å². The van der Waals surface area contributed by atoms with Crippen LogP contribution >= 0.6 is 0 Å². The lowest BCUT2D eigenvalue weighted by atomic mass is 10.2.